The van der Waals surface area contributed by atoms with Crippen LogP contribution in [0, 0.1) is 5.82 Å². The molecule has 0 aliphatic heterocycles. The Morgan fingerprint density at radius 3 is 2.47 bits per heavy atom. The van der Waals surface area contributed by atoms with Gasteiger partial charge in [0.1, 0.15) is 5.82 Å². The van der Waals surface area contributed by atoms with Gasteiger partial charge in [0.2, 0.25) is 0 Å². The van der Waals surface area contributed by atoms with Gasteiger partial charge in [0.15, 0.2) is 0 Å². The maximum atomic E-state index is 13.4. The molecule has 0 bridgehead atoms. The van der Waals surface area contributed by atoms with Crippen molar-refractivity contribution in [3.8, 4) is 0 Å². The number of carbonyl (C=O) groups is 1. The standard InChI is InChI=1S/C15H19BrFNO/c1-10(2)18(14-5-3-4-6-14)15(19)11-7-12(16)9-13(17)8-11/h7-10,14H,3-6H2,1-2H3. The van der Waals surface area contributed by atoms with E-state index in [1.54, 1.807) is 6.07 Å². The number of rotatable bonds is 3. The number of hydrogen-bond donors (Lipinski definition) is 0. The first-order valence-electron chi connectivity index (χ1n) is 6.78. The molecular weight excluding hydrogens is 309 g/mol. The number of carbonyl (C=O) groups excluding carboxylic acids is 1. The minimum absolute atomic E-state index is 0.0675. The van der Waals surface area contributed by atoms with Crippen LogP contribution in [0.15, 0.2) is 22.7 Å². The first-order chi connectivity index (χ1) is 8.99. The van der Waals surface area contributed by atoms with Crippen molar-refractivity contribution in [1.82, 2.24) is 4.90 Å². The van der Waals surface area contributed by atoms with Crippen LogP contribution in [0.4, 0.5) is 4.39 Å². The van der Waals surface area contributed by atoms with Crippen LogP contribution in [0.2, 0.25) is 0 Å². The summed E-state index contributed by atoms with van der Waals surface area (Å²) in [5, 5.41) is 0. The van der Waals surface area contributed by atoms with E-state index in [1.807, 2.05) is 18.7 Å². The monoisotopic (exact) mass is 327 g/mol. The number of nitrogens with zero attached hydrogens (tertiary/aromatic N) is 1. The lowest BCUT2D eigenvalue weighted by atomic mass is 10.1. The van der Waals surface area contributed by atoms with Crippen LogP contribution in [0.1, 0.15) is 49.9 Å². The highest BCUT2D eigenvalue weighted by Crippen LogP contribution is 2.27. The van der Waals surface area contributed by atoms with E-state index in [-0.39, 0.29) is 17.8 Å². The average Bonchev–Trinajstić information content (AvgIpc) is 2.80. The molecule has 19 heavy (non-hydrogen) atoms. The van der Waals surface area contributed by atoms with Gasteiger partial charge in [-0.25, -0.2) is 4.39 Å². The van der Waals surface area contributed by atoms with Gasteiger partial charge >= 0.3 is 0 Å². The Bertz CT molecular complexity index is 449. The molecule has 1 aliphatic rings. The summed E-state index contributed by atoms with van der Waals surface area (Å²) >= 11 is 3.24. The zero-order chi connectivity index (χ0) is 14.0. The molecule has 4 heteroatoms. The van der Waals surface area contributed by atoms with Crippen LogP contribution in [0.25, 0.3) is 0 Å². The summed E-state index contributed by atoms with van der Waals surface area (Å²) < 4.78 is 14.0. The molecule has 0 atom stereocenters. The summed E-state index contributed by atoms with van der Waals surface area (Å²) in [7, 11) is 0. The van der Waals surface area contributed by atoms with Crippen molar-refractivity contribution in [3.63, 3.8) is 0 Å². The second kappa shape index (κ2) is 6.04. The van der Waals surface area contributed by atoms with Crippen molar-refractivity contribution in [3.05, 3.63) is 34.1 Å². The lowest BCUT2D eigenvalue weighted by Crippen LogP contribution is -2.43. The maximum Gasteiger partial charge on any atom is 0.254 e. The van der Waals surface area contributed by atoms with E-state index in [2.05, 4.69) is 15.9 Å². The van der Waals surface area contributed by atoms with Crippen molar-refractivity contribution in [1.29, 1.82) is 0 Å². The first kappa shape index (κ1) is 14.5. The minimum atomic E-state index is -0.382. The number of hydrogen-bond acceptors (Lipinski definition) is 1. The highest BCUT2D eigenvalue weighted by molar-refractivity contribution is 9.10. The Balaban J connectivity index is 2.28. The number of amides is 1. The molecule has 0 spiro atoms. The second-order valence-corrected chi connectivity index (χ2v) is 6.32. The Kier molecular flexibility index (Phi) is 4.61. The molecule has 1 amide bonds. The third-order valence-corrected chi connectivity index (χ3v) is 4.08. The summed E-state index contributed by atoms with van der Waals surface area (Å²) in [4.78, 5) is 14.5. The normalized spacial score (nSPS) is 16.1. The van der Waals surface area contributed by atoms with Crippen molar-refractivity contribution in [2.45, 2.75) is 51.6 Å². The van der Waals surface area contributed by atoms with Crippen molar-refractivity contribution in [2.75, 3.05) is 0 Å². The third-order valence-electron chi connectivity index (χ3n) is 3.62. The van der Waals surface area contributed by atoms with Crippen LogP contribution in [-0.4, -0.2) is 22.9 Å². The number of benzene rings is 1. The van der Waals surface area contributed by atoms with Crippen molar-refractivity contribution >= 4 is 21.8 Å². The van der Waals surface area contributed by atoms with Crippen molar-refractivity contribution in [2.24, 2.45) is 0 Å². The Morgan fingerprint density at radius 1 is 1.32 bits per heavy atom. The summed E-state index contributed by atoms with van der Waals surface area (Å²) in [5.41, 5.74) is 0.424. The Labute approximate surface area is 122 Å². The van der Waals surface area contributed by atoms with Crippen LogP contribution < -0.4 is 0 Å². The Hall–Kier alpha value is -0.900. The molecule has 104 valence electrons. The smallest absolute Gasteiger partial charge is 0.254 e. The molecule has 0 aromatic heterocycles. The van der Waals surface area contributed by atoms with E-state index in [0.29, 0.717) is 16.1 Å². The van der Waals surface area contributed by atoms with Gasteiger partial charge in [0.25, 0.3) is 5.91 Å². The predicted octanol–water partition coefficient (Wildman–Crippen LogP) is 4.38. The minimum Gasteiger partial charge on any atom is -0.333 e. The van der Waals surface area contributed by atoms with Gasteiger partial charge in [0, 0.05) is 22.1 Å². The van der Waals surface area contributed by atoms with Gasteiger partial charge in [-0.3, -0.25) is 4.79 Å². The SMILES string of the molecule is CC(C)N(C(=O)c1cc(F)cc(Br)c1)C1CCCC1. The molecule has 0 heterocycles. The fourth-order valence-corrected chi connectivity index (χ4v) is 3.30. The third kappa shape index (κ3) is 3.35. The first-order valence-corrected chi connectivity index (χ1v) is 7.57. The predicted molar refractivity (Wildman–Crippen MR) is 77.7 cm³/mol. The van der Waals surface area contributed by atoms with Crippen LogP contribution in [0.5, 0.6) is 0 Å². The fraction of sp³-hybridized carbons (Fsp3) is 0.533. The highest BCUT2D eigenvalue weighted by atomic mass is 79.9. The van der Waals surface area contributed by atoms with E-state index < -0.39 is 0 Å². The molecular formula is C15H19BrFNO. The molecule has 0 saturated heterocycles. The van der Waals surface area contributed by atoms with Crippen LogP contribution in [0.3, 0.4) is 0 Å². The van der Waals surface area contributed by atoms with Gasteiger partial charge in [-0.2, -0.15) is 0 Å². The van der Waals surface area contributed by atoms with Crippen LogP contribution >= 0.6 is 15.9 Å². The molecule has 1 fully saturated rings. The van der Waals surface area contributed by atoms with Gasteiger partial charge in [-0.1, -0.05) is 28.8 Å². The molecule has 0 radical (unpaired) electrons. The molecule has 1 saturated carbocycles. The summed E-state index contributed by atoms with van der Waals surface area (Å²) in [5.74, 6) is -0.449. The maximum absolute atomic E-state index is 13.4. The molecule has 0 unspecified atom stereocenters. The van der Waals surface area contributed by atoms with Gasteiger partial charge < -0.3 is 4.90 Å². The lowest BCUT2D eigenvalue weighted by Gasteiger charge is -2.33. The van der Waals surface area contributed by atoms with E-state index in [4.69, 9.17) is 0 Å². The van der Waals surface area contributed by atoms with E-state index in [9.17, 15) is 9.18 Å². The van der Waals surface area contributed by atoms with Gasteiger partial charge in [0.05, 0.1) is 0 Å². The van der Waals surface area contributed by atoms with E-state index in [0.717, 1.165) is 12.8 Å². The molecule has 1 aromatic rings. The van der Waals surface area contributed by atoms with Gasteiger partial charge in [-0.05, 0) is 44.9 Å². The summed E-state index contributed by atoms with van der Waals surface area (Å²) in [6.07, 6.45) is 4.46. The molecule has 2 nitrogen and oxygen atoms in total. The van der Waals surface area contributed by atoms with E-state index >= 15 is 0 Å². The van der Waals surface area contributed by atoms with Crippen molar-refractivity contribution < 1.29 is 9.18 Å². The molecule has 1 aromatic carbocycles. The second-order valence-electron chi connectivity index (χ2n) is 5.40. The Morgan fingerprint density at radius 2 is 1.95 bits per heavy atom. The molecule has 0 N–H and O–H groups in total. The van der Waals surface area contributed by atoms with E-state index in [1.165, 1.54) is 25.0 Å². The molecule has 1 aliphatic carbocycles. The zero-order valence-electron chi connectivity index (χ0n) is 11.3. The highest BCUT2D eigenvalue weighted by Gasteiger charge is 2.29. The summed E-state index contributed by atoms with van der Waals surface area (Å²) in [6, 6.07) is 4.81. The number of halogens is 2. The topological polar surface area (TPSA) is 20.3 Å². The van der Waals surface area contributed by atoms with Crippen LogP contribution in [-0.2, 0) is 0 Å². The average molecular weight is 328 g/mol. The molecule has 2 rings (SSSR count). The zero-order valence-corrected chi connectivity index (χ0v) is 12.9. The summed E-state index contributed by atoms with van der Waals surface area (Å²) in [6.45, 7) is 4.04. The lowest BCUT2D eigenvalue weighted by molar-refractivity contribution is 0.0613. The largest absolute Gasteiger partial charge is 0.333 e. The fourth-order valence-electron chi connectivity index (χ4n) is 2.83. The quantitative estimate of drug-likeness (QED) is 0.806. The van der Waals surface area contributed by atoms with Gasteiger partial charge in [-0.15, -0.1) is 0 Å².